The maximum atomic E-state index is 5.36. The van der Waals surface area contributed by atoms with E-state index in [-0.39, 0.29) is 12.4 Å². The van der Waals surface area contributed by atoms with Crippen LogP contribution in [0.15, 0.2) is 16.6 Å². The second-order valence-corrected chi connectivity index (χ2v) is 6.11. The van der Waals surface area contributed by atoms with Crippen LogP contribution in [0.1, 0.15) is 51.0 Å². The normalized spacial score (nSPS) is 10.2. The average Bonchev–Trinajstić information content (AvgIpc) is 2.49. The lowest BCUT2D eigenvalue weighted by Gasteiger charge is -2.12. The van der Waals surface area contributed by atoms with Gasteiger partial charge in [0.25, 0.3) is 0 Å². The first kappa shape index (κ1) is 21.6. The van der Waals surface area contributed by atoms with Gasteiger partial charge in [-0.15, -0.1) is 12.4 Å². The zero-order chi connectivity index (χ0) is 15.5. The Balaban J connectivity index is 0.00000441. The van der Waals surface area contributed by atoms with Gasteiger partial charge in [0.15, 0.2) is 11.5 Å². The molecule has 1 N–H and O–H groups in total. The van der Waals surface area contributed by atoms with Crippen molar-refractivity contribution in [3.8, 4) is 11.5 Å². The minimum absolute atomic E-state index is 0. The third-order valence-corrected chi connectivity index (χ3v) is 4.12. The molecule has 1 rings (SSSR count). The Labute approximate surface area is 149 Å². The molecule has 0 aliphatic rings. The summed E-state index contributed by atoms with van der Waals surface area (Å²) in [6, 6.07) is 4.10. The van der Waals surface area contributed by atoms with Gasteiger partial charge < -0.3 is 14.8 Å². The molecule has 0 fully saturated rings. The van der Waals surface area contributed by atoms with E-state index in [1.54, 1.807) is 14.2 Å². The molecule has 1 aromatic rings. The molecule has 128 valence electrons. The van der Waals surface area contributed by atoms with E-state index < -0.39 is 0 Å². The Hall–Kier alpha value is -0.450. The van der Waals surface area contributed by atoms with Gasteiger partial charge in [0.05, 0.1) is 18.7 Å². The molecule has 3 nitrogen and oxygen atoms in total. The molecule has 0 spiro atoms. The molecular weight excluding hydrogens is 366 g/mol. The Bertz CT molecular complexity index is 416. The van der Waals surface area contributed by atoms with E-state index in [4.69, 9.17) is 9.47 Å². The third kappa shape index (κ3) is 7.70. The standard InChI is InChI=1S/C17H28BrNO2.ClH/c1-4-5-6-7-8-9-10-19-13-14-11-15(18)17(21-3)16(12-14)20-2;/h11-12,19H,4-10,13H2,1-3H3;1H. The first-order chi connectivity index (χ1) is 10.2. The summed E-state index contributed by atoms with van der Waals surface area (Å²) in [7, 11) is 3.32. The molecular formula is C17H29BrClNO2. The Kier molecular flexibility index (Phi) is 12.8. The van der Waals surface area contributed by atoms with Crippen molar-refractivity contribution in [2.75, 3.05) is 20.8 Å². The van der Waals surface area contributed by atoms with E-state index >= 15 is 0 Å². The van der Waals surface area contributed by atoms with E-state index in [9.17, 15) is 0 Å². The zero-order valence-corrected chi connectivity index (χ0v) is 16.3. The second kappa shape index (κ2) is 13.0. The monoisotopic (exact) mass is 393 g/mol. The van der Waals surface area contributed by atoms with Gasteiger partial charge in [-0.05, 0) is 46.6 Å². The van der Waals surface area contributed by atoms with Crippen LogP contribution in [0.2, 0.25) is 0 Å². The largest absolute Gasteiger partial charge is 0.493 e. The number of ether oxygens (including phenoxy) is 2. The highest BCUT2D eigenvalue weighted by Crippen LogP contribution is 2.36. The lowest BCUT2D eigenvalue weighted by atomic mass is 10.1. The van der Waals surface area contributed by atoms with Gasteiger partial charge in [0.2, 0.25) is 0 Å². The van der Waals surface area contributed by atoms with Crippen LogP contribution in [0.5, 0.6) is 11.5 Å². The van der Waals surface area contributed by atoms with Crippen LogP contribution in [-0.4, -0.2) is 20.8 Å². The highest BCUT2D eigenvalue weighted by atomic mass is 79.9. The van der Waals surface area contributed by atoms with E-state index in [1.165, 1.54) is 44.1 Å². The van der Waals surface area contributed by atoms with Gasteiger partial charge in [-0.3, -0.25) is 0 Å². The number of rotatable bonds is 11. The SMILES string of the molecule is CCCCCCCCNCc1cc(Br)c(OC)c(OC)c1.Cl. The molecule has 0 bridgehead atoms. The number of nitrogens with one attached hydrogen (secondary N) is 1. The van der Waals surface area contributed by atoms with Crippen molar-refractivity contribution in [3.63, 3.8) is 0 Å². The van der Waals surface area contributed by atoms with Crippen LogP contribution in [0.3, 0.4) is 0 Å². The lowest BCUT2D eigenvalue weighted by molar-refractivity contribution is 0.352. The van der Waals surface area contributed by atoms with Crippen molar-refractivity contribution in [1.82, 2.24) is 5.32 Å². The molecule has 0 aliphatic carbocycles. The Morgan fingerprint density at radius 2 is 1.68 bits per heavy atom. The summed E-state index contributed by atoms with van der Waals surface area (Å²) in [6.45, 7) is 4.18. The summed E-state index contributed by atoms with van der Waals surface area (Å²) in [5, 5.41) is 3.49. The number of halogens is 2. The van der Waals surface area contributed by atoms with Crippen molar-refractivity contribution in [2.24, 2.45) is 0 Å². The van der Waals surface area contributed by atoms with Crippen molar-refractivity contribution in [1.29, 1.82) is 0 Å². The maximum Gasteiger partial charge on any atom is 0.174 e. The van der Waals surface area contributed by atoms with Crippen LogP contribution >= 0.6 is 28.3 Å². The minimum Gasteiger partial charge on any atom is -0.493 e. The predicted octanol–water partition coefficient (Wildman–Crippen LogP) is 5.34. The van der Waals surface area contributed by atoms with Crippen LogP contribution < -0.4 is 14.8 Å². The van der Waals surface area contributed by atoms with Crippen molar-refractivity contribution >= 4 is 28.3 Å². The average molecular weight is 395 g/mol. The maximum absolute atomic E-state index is 5.36. The first-order valence-electron chi connectivity index (χ1n) is 7.84. The van der Waals surface area contributed by atoms with Gasteiger partial charge >= 0.3 is 0 Å². The van der Waals surface area contributed by atoms with Gasteiger partial charge in [-0.1, -0.05) is 39.0 Å². The fraction of sp³-hybridized carbons (Fsp3) is 0.647. The van der Waals surface area contributed by atoms with Gasteiger partial charge in [0, 0.05) is 6.54 Å². The number of hydrogen-bond acceptors (Lipinski definition) is 3. The molecule has 1 aromatic carbocycles. The van der Waals surface area contributed by atoms with Crippen LogP contribution in [0.4, 0.5) is 0 Å². The Morgan fingerprint density at radius 1 is 1.00 bits per heavy atom. The number of benzene rings is 1. The summed E-state index contributed by atoms with van der Waals surface area (Å²) < 4.78 is 11.6. The molecule has 0 aliphatic heterocycles. The molecule has 0 aromatic heterocycles. The smallest absolute Gasteiger partial charge is 0.174 e. The number of unbranched alkanes of at least 4 members (excludes halogenated alkanes) is 5. The topological polar surface area (TPSA) is 30.5 Å². The number of methoxy groups -OCH3 is 2. The Morgan fingerprint density at radius 3 is 2.32 bits per heavy atom. The molecule has 0 amide bonds. The summed E-state index contributed by atoms with van der Waals surface area (Å²) in [5.41, 5.74) is 1.20. The van der Waals surface area contributed by atoms with Gasteiger partial charge in [-0.2, -0.15) is 0 Å². The van der Waals surface area contributed by atoms with E-state index in [0.29, 0.717) is 0 Å². The van der Waals surface area contributed by atoms with Gasteiger partial charge in [-0.25, -0.2) is 0 Å². The summed E-state index contributed by atoms with van der Waals surface area (Å²) in [6.07, 6.45) is 7.98. The molecule has 0 saturated carbocycles. The van der Waals surface area contributed by atoms with Crippen LogP contribution in [-0.2, 0) is 6.54 Å². The first-order valence-corrected chi connectivity index (χ1v) is 8.63. The quantitative estimate of drug-likeness (QED) is 0.514. The third-order valence-electron chi connectivity index (χ3n) is 3.53. The minimum atomic E-state index is 0. The summed E-state index contributed by atoms with van der Waals surface area (Å²) in [5.74, 6) is 1.51. The fourth-order valence-corrected chi connectivity index (χ4v) is 2.99. The highest BCUT2D eigenvalue weighted by Gasteiger charge is 2.10. The van der Waals surface area contributed by atoms with Crippen molar-refractivity contribution in [2.45, 2.75) is 52.0 Å². The van der Waals surface area contributed by atoms with Crippen molar-refractivity contribution < 1.29 is 9.47 Å². The molecule has 0 heterocycles. The van der Waals surface area contributed by atoms with Crippen LogP contribution in [0, 0.1) is 0 Å². The molecule has 0 radical (unpaired) electrons. The fourth-order valence-electron chi connectivity index (χ4n) is 2.34. The van der Waals surface area contributed by atoms with E-state index in [2.05, 4.69) is 34.2 Å². The van der Waals surface area contributed by atoms with E-state index in [0.717, 1.165) is 29.1 Å². The van der Waals surface area contributed by atoms with Gasteiger partial charge in [0.1, 0.15) is 0 Å². The molecule has 5 heteroatoms. The second-order valence-electron chi connectivity index (χ2n) is 5.26. The van der Waals surface area contributed by atoms with Crippen LogP contribution in [0.25, 0.3) is 0 Å². The molecule has 0 unspecified atom stereocenters. The predicted molar refractivity (Wildman–Crippen MR) is 99.6 cm³/mol. The molecule has 0 saturated heterocycles. The van der Waals surface area contributed by atoms with E-state index in [1.807, 2.05) is 6.07 Å². The highest BCUT2D eigenvalue weighted by molar-refractivity contribution is 9.10. The zero-order valence-electron chi connectivity index (χ0n) is 13.9. The van der Waals surface area contributed by atoms with Crippen molar-refractivity contribution in [3.05, 3.63) is 22.2 Å². The summed E-state index contributed by atoms with van der Waals surface area (Å²) >= 11 is 3.52. The lowest BCUT2D eigenvalue weighted by Crippen LogP contribution is -2.14. The summed E-state index contributed by atoms with van der Waals surface area (Å²) in [4.78, 5) is 0. The number of hydrogen-bond donors (Lipinski definition) is 1. The molecule has 22 heavy (non-hydrogen) atoms. The molecule has 0 atom stereocenters.